The fourth-order valence-electron chi connectivity index (χ4n) is 1.23. The largest absolute Gasteiger partial charge is 0.384 e. The van der Waals surface area contributed by atoms with Gasteiger partial charge in [0.05, 0.1) is 11.6 Å². The van der Waals surface area contributed by atoms with E-state index in [9.17, 15) is 0 Å². The van der Waals surface area contributed by atoms with Crippen LogP contribution in [0, 0.1) is 23.2 Å². The second-order valence-electron chi connectivity index (χ2n) is 4.41. The average molecular weight is 281 g/mol. The molecule has 0 aliphatic rings. The summed E-state index contributed by atoms with van der Waals surface area (Å²) in [6.45, 7) is 7.62. The Morgan fingerprint density at radius 3 is 2.56 bits per heavy atom. The van der Waals surface area contributed by atoms with Gasteiger partial charge in [-0.05, 0) is 46.0 Å². The van der Waals surface area contributed by atoms with Crippen molar-refractivity contribution in [1.82, 2.24) is 0 Å². The van der Waals surface area contributed by atoms with Crippen molar-refractivity contribution in [3.63, 3.8) is 0 Å². The maximum Gasteiger partial charge on any atom is 0.0992 e. The third-order valence-electron chi connectivity index (χ3n) is 2.85. The lowest BCUT2D eigenvalue weighted by Gasteiger charge is -2.17. The number of nitrogens with one attached hydrogen (secondary N) is 1. The van der Waals surface area contributed by atoms with E-state index in [1.807, 2.05) is 18.2 Å². The molecule has 1 aromatic rings. The average Bonchev–Trinajstić information content (AvgIpc) is 2.26. The van der Waals surface area contributed by atoms with Gasteiger partial charge in [-0.25, -0.2) is 0 Å². The lowest BCUT2D eigenvalue weighted by atomic mass is 9.98. The van der Waals surface area contributed by atoms with Gasteiger partial charge in [-0.15, -0.1) is 0 Å². The summed E-state index contributed by atoms with van der Waals surface area (Å²) in [5.74, 6) is 1.30. The van der Waals surface area contributed by atoms with Crippen molar-refractivity contribution < 1.29 is 0 Å². The van der Waals surface area contributed by atoms with E-state index in [2.05, 4.69) is 48.1 Å². The summed E-state index contributed by atoms with van der Waals surface area (Å²) in [5.41, 5.74) is 1.72. The van der Waals surface area contributed by atoms with Crippen LogP contribution in [0.25, 0.3) is 0 Å². The smallest absolute Gasteiger partial charge is 0.0992 e. The first-order valence-corrected chi connectivity index (χ1v) is 6.27. The summed E-state index contributed by atoms with van der Waals surface area (Å²) in [6.07, 6.45) is 0. The summed E-state index contributed by atoms with van der Waals surface area (Å²) in [4.78, 5) is 0. The molecule has 1 N–H and O–H groups in total. The predicted molar refractivity (Wildman–Crippen MR) is 71.3 cm³/mol. The van der Waals surface area contributed by atoms with Crippen LogP contribution < -0.4 is 5.32 Å². The van der Waals surface area contributed by atoms with Crippen LogP contribution in [0.2, 0.25) is 0 Å². The fraction of sp³-hybridized carbons (Fsp3) is 0.462. The third kappa shape index (κ3) is 3.53. The number of hydrogen-bond donors (Lipinski definition) is 1. The van der Waals surface area contributed by atoms with E-state index in [-0.39, 0.29) is 0 Å². The Kier molecular flexibility index (Phi) is 4.82. The number of rotatable bonds is 4. The molecule has 3 heteroatoms. The molecule has 0 amide bonds. The first-order chi connectivity index (χ1) is 7.54. The highest BCUT2D eigenvalue weighted by molar-refractivity contribution is 9.10. The quantitative estimate of drug-likeness (QED) is 0.904. The minimum Gasteiger partial charge on any atom is -0.384 e. The molecule has 0 aromatic heterocycles. The van der Waals surface area contributed by atoms with Crippen molar-refractivity contribution >= 4 is 21.6 Å². The second-order valence-corrected chi connectivity index (χ2v) is 5.26. The van der Waals surface area contributed by atoms with E-state index in [0.717, 1.165) is 16.7 Å². The number of hydrogen-bond acceptors (Lipinski definition) is 2. The van der Waals surface area contributed by atoms with Gasteiger partial charge in [0.15, 0.2) is 0 Å². The molecule has 0 fully saturated rings. The molecule has 1 atom stereocenters. The summed E-state index contributed by atoms with van der Waals surface area (Å²) >= 11 is 3.46. The van der Waals surface area contributed by atoms with Crippen LogP contribution in [0.4, 0.5) is 5.69 Å². The molecule has 86 valence electrons. The van der Waals surface area contributed by atoms with E-state index in [4.69, 9.17) is 5.26 Å². The van der Waals surface area contributed by atoms with Gasteiger partial charge in [-0.3, -0.25) is 0 Å². The molecule has 1 aromatic carbocycles. The van der Waals surface area contributed by atoms with E-state index in [1.54, 1.807) is 0 Å². The highest BCUT2D eigenvalue weighted by Crippen LogP contribution is 2.24. The Morgan fingerprint density at radius 2 is 2.06 bits per heavy atom. The first kappa shape index (κ1) is 13.1. The van der Waals surface area contributed by atoms with E-state index < -0.39 is 0 Å². The molecule has 0 spiro atoms. The van der Waals surface area contributed by atoms with Gasteiger partial charge in [-0.1, -0.05) is 20.8 Å². The second kappa shape index (κ2) is 5.91. The van der Waals surface area contributed by atoms with Gasteiger partial charge in [-0.2, -0.15) is 5.26 Å². The predicted octanol–water partition coefficient (Wildman–Crippen LogP) is 4.02. The number of nitriles is 1. The molecular formula is C13H17BrN2. The van der Waals surface area contributed by atoms with Crippen LogP contribution in [0.5, 0.6) is 0 Å². The molecular weight excluding hydrogens is 264 g/mol. The molecule has 1 unspecified atom stereocenters. The Balaban J connectivity index is 2.65. The van der Waals surface area contributed by atoms with E-state index >= 15 is 0 Å². The number of anilines is 1. The minimum absolute atomic E-state index is 0.627. The highest BCUT2D eigenvalue weighted by atomic mass is 79.9. The fourth-order valence-corrected chi connectivity index (χ4v) is 1.75. The summed E-state index contributed by atoms with van der Waals surface area (Å²) in [7, 11) is 0. The maximum absolute atomic E-state index is 8.75. The van der Waals surface area contributed by atoms with Crippen LogP contribution in [-0.4, -0.2) is 6.54 Å². The van der Waals surface area contributed by atoms with Crippen molar-refractivity contribution in [3.8, 4) is 6.07 Å². The molecule has 0 radical (unpaired) electrons. The van der Waals surface area contributed by atoms with Crippen molar-refractivity contribution in [2.45, 2.75) is 20.8 Å². The van der Waals surface area contributed by atoms with Crippen LogP contribution in [0.15, 0.2) is 22.7 Å². The SMILES string of the molecule is CC(C)C(C)CNc1ccc(C#N)cc1Br. The normalized spacial score (nSPS) is 12.2. The van der Waals surface area contributed by atoms with Crippen molar-refractivity contribution in [2.24, 2.45) is 11.8 Å². The Morgan fingerprint density at radius 1 is 1.38 bits per heavy atom. The van der Waals surface area contributed by atoms with Crippen molar-refractivity contribution in [2.75, 3.05) is 11.9 Å². The maximum atomic E-state index is 8.75. The van der Waals surface area contributed by atoms with E-state index in [1.165, 1.54) is 0 Å². The molecule has 0 saturated carbocycles. The standard InChI is InChI=1S/C13H17BrN2/c1-9(2)10(3)8-16-13-5-4-11(7-15)6-12(13)14/h4-6,9-10,16H,8H2,1-3H3. The van der Waals surface area contributed by atoms with Crippen LogP contribution >= 0.6 is 15.9 Å². The minimum atomic E-state index is 0.627. The summed E-state index contributed by atoms with van der Waals surface area (Å²) in [5, 5.41) is 12.1. The van der Waals surface area contributed by atoms with Crippen LogP contribution in [0.1, 0.15) is 26.3 Å². The van der Waals surface area contributed by atoms with Gasteiger partial charge in [0.25, 0.3) is 0 Å². The Hall–Kier alpha value is -1.01. The van der Waals surface area contributed by atoms with Crippen molar-refractivity contribution in [3.05, 3.63) is 28.2 Å². The number of nitrogens with zero attached hydrogens (tertiary/aromatic N) is 1. The number of halogens is 1. The Bertz CT molecular complexity index is 393. The summed E-state index contributed by atoms with van der Waals surface area (Å²) < 4.78 is 0.947. The zero-order valence-corrected chi connectivity index (χ0v) is 11.5. The first-order valence-electron chi connectivity index (χ1n) is 5.48. The van der Waals surface area contributed by atoms with Crippen molar-refractivity contribution in [1.29, 1.82) is 5.26 Å². The lowest BCUT2D eigenvalue weighted by Crippen LogP contribution is -2.16. The molecule has 16 heavy (non-hydrogen) atoms. The van der Waals surface area contributed by atoms with Gasteiger partial charge in [0, 0.05) is 16.7 Å². The topological polar surface area (TPSA) is 35.8 Å². The lowest BCUT2D eigenvalue weighted by molar-refractivity contribution is 0.439. The molecule has 2 nitrogen and oxygen atoms in total. The van der Waals surface area contributed by atoms with Gasteiger partial charge < -0.3 is 5.32 Å². The van der Waals surface area contributed by atoms with Gasteiger partial charge in [0.1, 0.15) is 0 Å². The zero-order chi connectivity index (χ0) is 12.1. The molecule has 0 heterocycles. The molecule has 0 aliphatic heterocycles. The van der Waals surface area contributed by atoms with E-state index in [0.29, 0.717) is 17.4 Å². The highest BCUT2D eigenvalue weighted by Gasteiger charge is 2.07. The molecule has 0 bridgehead atoms. The molecule has 1 rings (SSSR count). The van der Waals surface area contributed by atoms with Crippen LogP contribution in [0.3, 0.4) is 0 Å². The molecule has 0 aliphatic carbocycles. The van der Waals surface area contributed by atoms with Gasteiger partial charge in [0.2, 0.25) is 0 Å². The third-order valence-corrected chi connectivity index (χ3v) is 3.51. The molecule has 0 saturated heterocycles. The van der Waals surface area contributed by atoms with Crippen LogP contribution in [-0.2, 0) is 0 Å². The Labute approximate surface area is 106 Å². The number of benzene rings is 1. The summed E-state index contributed by atoms with van der Waals surface area (Å²) in [6, 6.07) is 7.72. The van der Waals surface area contributed by atoms with Gasteiger partial charge >= 0.3 is 0 Å². The monoisotopic (exact) mass is 280 g/mol. The zero-order valence-electron chi connectivity index (χ0n) is 9.92.